The number of alkyl halides is 4. The van der Waals surface area contributed by atoms with Gasteiger partial charge in [-0.05, 0) is 49.4 Å². The molecule has 1 aliphatic carbocycles. The number of nitrogens with zero attached hydrogens (tertiary/aromatic N) is 2. The summed E-state index contributed by atoms with van der Waals surface area (Å²) >= 11 is 0. The zero-order chi connectivity index (χ0) is 23.6. The first kappa shape index (κ1) is 23.7. The van der Waals surface area contributed by atoms with Crippen molar-refractivity contribution >= 4 is 5.91 Å². The molecule has 1 aromatic heterocycles. The van der Waals surface area contributed by atoms with Crippen molar-refractivity contribution in [2.75, 3.05) is 0 Å². The number of nitriles is 1. The first-order chi connectivity index (χ1) is 14.9. The van der Waals surface area contributed by atoms with Crippen LogP contribution >= 0.6 is 0 Å². The molecular weight excluding hydrogens is 424 g/mol. The Labute approximate surface area is 183 Å². The van der Waals surface area contributed by atoms with Crippen molar-refractivity contribution in [2.24, 2.45) is 0 Å². The summed E-state index contributed by atoms with van der Waals surface area (Å²) in [6, 6.07) is 7.50. The molecule has 0 radical (unpaired) electrons. The molecular formula is C23H24F4N4O. The third-order valence-corrected chi connectivity index (χ3v) is 5.27. The molecule has 1 aromatic carbocycles. The summed E-state index contributed by atoms with van der Waals surface area (Å²) in [7, 11) is 0. The van der Waals surface area contributed by atoms with E-state index in [0.29, 0.717) is 18.4 Å². The number of halogens is 4. The zero-order valence-electron chi connectivity index (χ0n) is 17.7. The maximum absolute atomic E-state index is 14.3. The average molecular weight is 448 g/mol. The van der Waals surface area contributed by atoms with Crippen molar-refractivity contribution in [2.45, 2.75) is 62.6 Å². The third kappa shape index (κ3) is 6.04. The molecule has 1 fully saturated rings. The molecule has 0 spiro atoms. The van der Waals surface area contributed by atoms with E-state index in [-0.39, 0.29) is 5.56 Å². The van der Waals surface area contributed by atoms with E-state index in [1.807, 2.05) is 6.07 Å². The van der Waals surface area contributed by atoms with Crippen LogP contribution in [0.3, 0.4) is 0 Å². The Balaban J connectivity index is 1.86. The van der Waals surface area contributed by atoms with Crippen LogP contribution in [-0.2, 0) is 4.79 Å². The van der Waals surface area contributed by atoms with Crippen LogP contribution in [0.4, 0.5) is 17.6 Å². The minimum absolute atomic E-state index is 0.110. The number of carbonyl (C=O) groups is 1. The molecule has 0 aliphatic heterocycles. The zero-order valence-corrected chi connectivity index (χ0v) is 17.7. The van der Waals surface area contributed by atoms with Gasteiger partial charge in [0.05, 0.1) is 12.1 Å². The Hall–Kier alpha value is -2.99. The van der Waals surface area contributed by atoms with Crippen LogP contribution < -0.4 is 10.6 Å². The molecule has 1 aliphatic rings. The van der Waals surface area contributed by atoms with Gasteiger partial charge in [0.2, 0.25) is 5.91 Å². The van der Waals surface area contributed by atoms with Crippen LogP contribution in [0.1, 0.15) is 44.7 Å². The predicted molar refractivity (Wildman–Crippen MR) is 111 cm³/mol. The number of aromatic nitrogens is 1. The molecule has 0 unspecified atom stereocenters. The predicted octanol–water partition coefficient (Wildman–Crippen LogP) is 4.62. The fourth-order valence-corrected chi connectivity index (χ4v) is 3.41. The normalized spacial score (nSPS) is 17.2. The minimum Gasteiger partial charge on any atom is -0.336 e. The smallest absolute Gasteiger partial charge is 0.336 e. The number of rotatable bonds is 8. The molecule has 2 aromatic rings. The lowest BCUT2D eigenvalue weighted by Crippen LogP contribution is -2.53. The van der Waals surface area contributed by atoms with E-state index in [9.17, 15) is 27.6 Å². The van der Waals surface area contributed by atoms with Crippen molar-refractivity contribution in [1.82, 2.24) is 15.6 Å². The maximum Gasteiger partial charge on any atom is 0.407 e. The van der Waals surface area contributed by atoms with Crippen molar-refractivity contribution in [1.29, 1.82) is 5.26 Å². The van der Waals surface area contributed by atoms with Gasteiger partial charge in [-0.25, -0.2) is 4.39 Å². The average Bonchev–Trinajstić information content (AvgIpc) is 3.50. The fraction of sp³-hybridized carbons (Fsp3) is 0.435. The first-order valence-electron chi connectivity index (χ1n) is 10.2. The molecule has 2 N–H and O–H groups in total. The number of hydrogen-bond donors (Lipinski definition) is 2. The van der Waals surface area contributed by atoms with E-state index in [0.717, 1.165) is 5.56 Å². The Morgan fingerprint density at radius 3 is 2.28 bits per heavy atom. The summed E-state index contributed by atoms with van der Waals surface area (Å²) < 4.78 is 56.2. The van der Waals surface area contributed by atoms with Crippen molar-refractivity contribution in [3.8, 4) is 17.2 Å². The van der Waals surface area contributed by atoms with E-state index in [1.54, 1.807) is 24.5 Å². The van der Waals surface area contributed by atoms with Gasteiger partial charge in [-0.2, -0.15) is 18.4 Å². The van der Waals surface area contributed by atoms with Crippen molar-refractivity contribution in [3.05, 3.63) is 54.4 Å². The largest absolute Gasteiger partial charge is 0.407 e. The topological polar surface area (TPSA) is 77.8 Å². The van der Waals surface area contributed by atoms with Crippen molar-refractivity contribution < 1.29 is 22.4 Å². The van der Waals surface area contributed by atoms with E-state index >= 15 is 0 Å². The third-order valence-electron chi connectivity index (χ3n) is 5.27. The fourth-order valence-electron chi connectivity index (χ4n) is 3.41. The van der Waals surface area contributed by atoms with Gasteiger partial charge >= 0.3 is 6.18 Å². The summed E-state index contributed by atoms with van der Waals surface area (Å²) in [5, 5.41) is 14.0. The van der Waals surface area contributed by atoms with Gasteiger partial charge in [0.1, 0.15) is 17.2 Å². The second-order valence-corrected chi connectivity index (χ2v) is 8.66. The summed E-state index contributed by atoms with van der Waals surface area (Å²) in [6.07, 6.45) is -1.20. The molecule has 9 heteroatoms. The first-order valence-corrected chi connectivity index (χ1v) is 10.2. The van der Waals surface area contributed by atoms with Crippen LogP contribution in [0.25, 0.3) is 11.1 Å². The number of hydrogen-bond acceptors (Lipinski definition) is 4. The highest BCUT2D eigenvalue weighted by atomic mass is 19.4. The van der Waals surface area contributed by atoms with Gasteiger partial charge in [0.25, 0.3) is 0 Å². The van der Waals surface area contributed by atoms with Crippen LogP contribution in [0.2, 0.25) is 0 Å². The van der Waals surface area contributed by atoms with Gasteiger partial charge in [0, 0.05) is 18.8 Å². The molecule has 0 saturated heterocycles. The van der Waals surface area contributed by atoms with Crippen LogP contribution in [0.15, 0.2) is 48.8 Å². The molecule has 32 heavy (non-hydrogen) atoms. The Morgan fingerprint density at radius 2 is 1.81 bits per heavy atom. The Bertz CT molecular complexity index is 974. The summed E-state index contributed by atoms with van der Waals surface area (Å²) in [5.74, 6) is -0.823. The van der Waals surface area contributed by atoms with E-state index < -0.39 is 41.8 Å². The number of nitrogens with one attached hydrogen (secondary N) is 2. The minimum atomic E-state index is -4.73. The van der Waals surface area contributed by atoms with E-state index in [1.165, 1.54) is 38.1 Å². The number of amides is 1. The maximum atomic E-state index is 14.3. The van der Waals surface area contributed by atoms with Gasteiger partial charge in [-0.15, -0.1) is 0 Å². The van der Waals surface area contributed by atoms with Gasteiger partial charge in [0.15, 0.2) is 0 Å². The Kier molecular flexibility index (Phi) is 6.56. The van der Waals surface area contributed by atoms with E-state index in [2.05, 4.69) is 15.6 Å². The quantitative estimate of drug-likeness (QED) is 0.578. The Morgan fingerprint density at radius 1 is 1.16 bits per heavy atom. The highest BCUT2D eigenvalue weighted by molar-refractivity contribution is 5.83. The summed E-state index contributed by atoms with van der Waals surface area (Å²) in [6.45, 7) is 2.38. The standard InChI is InChI=1S/C23H24F4N4O/c1-21(2,24)12-18(20(32)31-22(14-28)9-10-22)30-19(23(25,26)27)16-7-5-15(6-8-16)17-4-3-11-29-13-17/h3-8,11,13,18-19,30H,9-10,12H2,1-2H3,(H,31,32)/t18-,19-/m0/s1. The number of benzene rings is 1. The SMILES string of the molecule is CC(C)(F)C[C@H](N[C@@H](c1ccc(-c2cccnc2)cc1)C(F)(F)F)C(=O)NC1(C#N)CC1. The molecule has 0 bridgehead atoms. The second-order valence-electron chi connectivity index (χ2n) is 8.66. The molecule has 1 saturated carbocycles. The molecule has 5 nitrogen and oxygen atoms in total. The lowest BCUT2D eigenvalue weighted by atomic mass is 9.96. The van der Waals surface area contributed by atoms with Gasteiger partial charge < -0.3 is 5.32 Å². The molecule has 1 heterocycles. The number of pyridine rings is 1. The molecule has 3 rings (SSSR count). The number of carbonyl (C=O) groups excluding carboxylic acids is 1. The van der Waals surface area contributed by atoms with Crippen LogP contribution in [0.5, 0.6) is 0 Å². The van der Waals surface area contributed by atoms with Crippen molar-refractivity contribution in [3.63, 3.8) is 0 Å². The second kappa shape index (κ2) is 8.87. The van der Waals surface area contributed by atoms with Crippen LogP contribution in [0, 0.1) is 11.3 Å². The molecule has 170 valence electrons. The molecule has 1 amide bonds. The lowest BCUT2D eigenvalue weighted by molar-refractivity contribution is -0.161. The van der Waals surface area contributed by atoms with Gasteiger partial charge in [-0.3, -0.25) is 15.1 Å². The highest BCUT2D eigenvalue weighted by Crippen LogP contribution is 2.37. The lowest BCUT2D eigenvalue weighted by Gasteiger charge is -2.30. The van der Waals surface area contributed by atoms with Crippen LogP contribution in [-0.4, -0.2) is 34.3 Å². The molecule has 2 atom stereocenters. The summed E-state index contributed by atoms with van der Waals surface area (Å²) in [5.41, 5.74) is -1.65. The van der Waals surface area contributed by atoms with Gasteiger partial charge in [-0.1, -0.05) is 30.3 Å². The highest BCUT2D eigenvalue weighted by Gasteiger charge is 2.48. The summed E-state index contributed by atoms with van der Waals surface area (Å²) in [4.78, 5) is 16.7. The van der Waals surface area contributed by atoms with E-state index in [4.69, 9.17) is 0 Å². The monoisotopic (exact) mass is 448 g/mol.